The van der Waals surface area contributed by atoms with Crippen molar-refractivity contribution in [3.05, 3.63) is 71.8 Å². The molecule has 0 atom stereocenters. The minimum absolute atomic E-state index is 0. The number of carbonyl (C=O) groups is 2. The molecule has 112 valence electrons. The molecular weight excluding hydrogens is 433 g/mol. The number of rotatable bonds is 2. The summed E-state index contributed by atoms with van der Waals surface area (Å²) >= 11 is 0. The number of aldehydes is 2. The average Bonchev–Trinajstić information content (AvgIpc) is 2.41. The summed E-state index contributed by atoms with van der Waals surface area (Å²) in [4.78, 5) is 20.0. The van der Waals surface area contributed by atoms with Crippen LogP contribution in [0.1, 0.15) is 20.7 Å². The standard InChI is InChI=1S/2C7H6O.4ClH.Zr/c2*8-6-7-4-2-1-3-5-7;;;;;/h2*1-6H;4*1H;/q;;;;;;+4/p-4. The van der Waals surface area contributed by atoms with Crippen molar-refractivity contribution in [2.45, 2.75) is 0 Å². The van der Waals surface area contributed by atoms with Gasteiger partial charge in [-0.2, -0.15) is 0 Å². The van der Waals surface area contributed by atoms with Crippen LogP contribution in [0.5, 0.6) is 0 Å². The molecule has 0 N–H and O–H groups in total. The number of benzene rings is 2. The zero-order valence-corrected chi connectivity index (χ0v) is 16.2. The van der Waals surface area contributed by atoms with Crippen molar-refractivity contribution in [2.24, 2.45) is 0 Å². The average molecular weight is 445 g/mol. The van der Waals surface area contributed by atoms with Crippen molar-refractivity contribution >= 4 is 12.6 Å². The fourth-order valence-corrected chi connectivity index (χ4v) is 1.06. The molecule has 2 rings (SSSR count). The van der Waals surface area contributed by atoms with Gasteiger partial charge in [0.2, 0.25) is 0 Å². The van der Waals surface area contributed by atoms with Gasteiger partial charge in [-0.15, -0.1) is 0 Å². The number of hydrogen-bond donors (Lipinski definition) is 0. The summed E-state index contributed by atoms with van der Waals surface area (Å²) in [5, 5.41) is 0. The molecule has 0 bridgehead atoms. The van der Waals surface area contributed by atoms with Crippen molar-refractivity contribution in [3.8, 4) is 0 Å². The van der Waals surface area contributed by atoms with E-state index in [1.54, 1.807) is 24.3 Å². The normalized spacial score (nSPS) is 6.48. The van der Waals surface area contributed by atoms with Crippen molar-refractivity contribution in [1.82, 2.24) is 0 Å². The fraction of sp³-hybridized carbons (Fsp3) is 0. The molecule has 0 unspecified atom stereocenters. The summed E-state index contributed by atoms with van der Waals surface area (Å²) in [7, 11) is 0. The molecule has 2 aromatic rings. The van der Waals surface area contributed by atoms with Crippen LogP contribution in [0, 0.1) is 0 Å². The quantitative estimate of drug-likeness (QED) is 0.431. The van der Waals surface area contributed by atoms with Crippen molar-refractivity contribution < 1.29 is 85.4 Å². The molecule has 0 aromatic heterocycles. The second kappa shape index (κ2) is 22.1. The van der Waals surface area contributed by atoms with E-state index in [0.717, 1.165) is 23.7 Å². The largest absolute Gasteiger partial charge is 4.00 e. The van der Waals surface area contributed by atoms with E-state index in [9.17, 15) is 9.59 Å². The zero-order valence-electron chi connectivity index (χ0n) is 10.8. The van der Waals surface area contributed by atoms with Gasteiger partial charge < -0.3 is 49.6 Å². The van der Waals surface area contributed by atoms with Crippen molar-refractivity contribution in [1.29, 1.82) is 0 Å². The molecule has 0 saturated heterocycles. The summed E-state index contributed by atoms with van der Waals surface area (Å²) < 4.78 is 0. The maximum Gasteiger partial charge on any atom is 4.00 e. The molecule has 0 fully saturated rings. The van der Waals surface area contributed by atoms with Gasteiger partial charge in [-0.05, 0) is 0 Å². The third kappa shape index (κ3) is 16.0. The van der Waals surface area contributed by atoms with Crippen LogP contribution in [-0.4, -0.2) is 12.6 Å². The molecule has 0 heterocycles. The van der Waals surface area contributed by atoms with E-state index in [2.05, 4.69) is 0 Å². The van der Waals surface area contributed by atoms with Gasteiger partial charge in [-0.1, -0.05) is 60.7 Å². The predicted molar refractivity (Wildman–Crippen MR) is 63.7 cm³/mol. The molecule has 0 saturated carbocycles. The second-order valence-corrected chi connectivity index (χ2v) is 3.06. The van der Waals surface area contributed by atoms with Crippen LogP contribution < -0.4 is 49.6 Å². The third-order valence-electron chi connectivity index (χ3n) is 1.87. The molecule has 0 aliphatic heterocycles. The summed E-state index contributed by atoms with van der Waals surface area (Å²) in [5.41, 5.74) is 1.46. The molecule has 0 aliphatic carbocycles. The molecule has 0 aliphatic rings. The van der Waals surface area contributed by atoms with E-state index in [0.29, 0.717) is 0 Å². The Morgan fingerprint density at radius 1 is 0.524 bits per heavy atom. The Morgan fingerprint density at radius 3 is 0.905 bits per heavy atom. The predicted octanol–water partition coefficient (Wildman–Crippen LogP) is -8.99. The fourth-order valence-electron chi connectivity index (χ4n) is 1.06. The molecule has 0 amide bonds. The molecule has 21 heavy (non-hydrogen) atoms. The first-order chi connectivity index (χ1) is 7.86. The van der Waals surface area contributed by atoms with Gasteiger partial charge in [0, 0.05) is 11.1 Å². The Balaban J connectivity index is -0.0000000656. The van der Waals surface area contributed by atoms with Crippen LogP contribution in [0.4, 0.5) is 0 Å². The van der Waals surface area contributed by atoms with Gasteiger partial charge in [0.25, 0.3) is 0 Å². The Kier molecular flexibility index (Phi) is 34.4. The van der Waals surface area contributed by atoms with E-state index in [1.807, 2.05) is 36.4 Å². The molecule has 0 radical (unpaired) electrons. The van der Waals surface area contributed by atoms with E-state index >= 15 is 0 Å². The first-order valence-electron chi connectivity index (χ1n) is 4.87. The number of carbonyl (C=O) groups excluding carboxylic acids is 2. The van der Waals surface area contributed by atoms with Crippen LogP contribution in [0.2, 0.25) is 0 Å². The monoisotopic (exact) mass is 442 g/mol. The van der Waals surface area contributed by atoms with E-state index in [1.165, 1.54) is 0 Å². The number of hydrogen-bond acceptors (Lipinski definition) is 2. The zero-order chi connectivity index (χ0) is 11.6. The van der Waals surface area contributed by atoms with Crippen LogP contribution >= 0.6 is 0 Å². The van der Waals surface area contributed by atoms with E-state index in [-0.39, 0.29) is 75.8 Å². The van der Waals surface area contributed by atoms with Crippen molar-refractivity contribution in [3.63, 3.8) is 0 Å². The van der Waals surface area contributed by atoms with Crippen LogP contribution in [-0.2, 0) is 26.2 Å². The Hall–Kier alpha value is -0.177. The summed E-state index contributed by atoms with van der Waals surface area (Å²) in [5.74, 6) is 0. The molecule has 2 aromatic carbocycles. The van der Waals surface area contributed by atoms with E-state index in [4.69, 9.17) is 0 Å². The third-order valence-corrected chi connectivity index (χ3v) is 1.87. The van der Waals surface area contributed by atoms with Gasteiger partial charge in [0.05, 0.1) is 0 Å². The summed E-state index contributed by atoms with van der Waals surface area (Å²) in [6.07, 6.45) is 1.67. The van der Waals surface area contributed by atoms with Crippen molar-refractivity contribution in [2.75, 3.05) is 0 Å². The van der Waals surface area contributed by atoms with Gasteiger partial charge in [0.15, 0.2) is 0 Å². The topological polar surface area (TPSA) is 34.1 Å². The molecule has 7 heteroatoms. The minimum Gasteiger partial charge on any atom is -1.00 e. The molecular formula is C14H12Cl4O2Zr. The smallest absolute Gasteiger partial charge is 1.00 e. The van der Waals surface area contributed by atoms with Gasteiger partial charge >= 0.3 is 26.2 Å². The van der Waals surface area contributed by atoms with Crippen LogP contribution in [0.15, 0.2) is 60.7 Å². The SMILES string of the molecule is O=Cc1ccccc1.O=Cc1ccccc1.[Cl-].[Cl-].[Cl-].[Cl-].[Zr+4]. The first-order valence-corrected chi connectivity index (χ1v) is 4.87. The maximum absolute atomic E-state index is 10.0. The Morgan fingerprint density at radius 2 is 0.762 bits per heavy atom. The molecule has 2 nitrogen and oxygen atoms in total. The van der Waals surface area contributed by atoms with Crippen LogP contribution in [0.25, 0.3) is 0 Å². The first kappa shape index (κ1) is 32.7. The summed E-state index contributed by atoms with van der Waals surface area (Å²) in [6, 6.07) is 18.2. The summed E-state index contributed by atoms with van der Waals surface area (Å²) in [6.45, 7) is 0. The maximum atomic E-state index is 10.0. The minimum atomic E-state index is 0. The second-order valence-electron chi connectivity index (χ2n) is 3.06. The molecule has 0 spiro atoms. The van der Waals surface area contributed by atoms with Gasteiger partial charge in [-0.3, -0.25) is 9.59 Å². The number of halogens is 4. The Labute approximate surface area is 168 Å². The Bertz CT molecular complexity index is 398. The van der Waals surface area contributed by atoms with Crippen LogP contribution in [0.3, 0.4) is 0 Å². The van der Waals surface area contributed by atoms with Gasteiger partial charge in [0.1, 0.15) is 12.6 Å². The van der Waals surface area contributed by atoms with E-state index < -0.39 is 0 Å². The van der Waals surface area contributed by atoms with Gasteiger partial charge in [-0.25, -0.2) is 0 Å².